The molecule has 2 aromatic carbocycles. The van der Waals surface area contributed by atoms with Crippen LogP contribution >= 0.6 is 0 Å². The van der Waals surface area contributed by atoms with Crippen LogP contribution in [-0.2, 0) is 0 Å². The number of hydrogen-bond acceptors (Lipinski definition) is 2. The van der Waals surface area contributed by atoms with Gasteiger partial charge in [0.2, 0.25) is 0 Å². The highest BCUT2D eigenvalue weighted by Crippen LogP contribution is 2.34. The zero-order valence-electron chi connectivity index (χ0n) is 13.0. The summed E-state index contributed by atoms with van der Waals surface area (Å²) in [6, 6.07) is 13.7. The number of rotatable bonds is 7. The molecule has 23 heavy (non-hydrogen) atoms. The van der Waals surface area contributed by atoms with E-state index in [2.05, 4.69) is 6.92 Å². The van der Waals surface area contributed by atoms with Gasteiger partial charge >= 0.3 is 11.9 Å². The van der Waals surface area contributed by atoms with E-state index < -0.39 is 11.9 Å². The number of unbranched alkanes of at least 4 members (excludes halogenated alkanes) is 1. The first kappa shape index (κ1) is 16.7. The van der Waals surface area contributed by atoms with Crippen LogP contribution in [0.4, 0.5) is 0 Å². The van der Waals surface area contributed by atoms with E-state index >= 15 is 0 Å². The second kappa shape index (κ2) is 7.58. The third kappa shape index (κ3) is 3.77. The summed E-state index contributed by atoms with van der Waals surface area (Å²) >= 11 is 0. The molecule has 2 N–H and O–H groups in total. The van der Waals surface area contributed by atoms with Gasteiger partial charge in [-0.25, -0.2) is 9.59 Å². The number of carboxylic acids is 2. The number of hydrogen-bond donors (Lipinski definition) is 2. The standard InChI is InChI=1S/C19H20O4/c1-2-3-8-13(14-9-4-6-11-16(14)18(20)21)15-10-5-7-12-17(15)19(22)23/h4-7,9-13H,2-3,8H2,1H3,(H,20,21)(H,22,23). The van der Waals surface area contributed by atoms with Crippen LogP contribution in [0.15, 0.2) is 48.5 Å². The zero-order chi connectivity index (χ0) is 16.8. The smallest absolute Gasteiger partial charge is 0.335 e. The minimum atomic E-state index is -0.991. The van der Waals surface area contributed by atoms with Gasteiger partial charge in [0, 0.05) is 5.92 Å². The Balaban J connectivity index is 2.59. The second-order valence-corrected chi connectivity index (χ2v) is 5.48. The summed E-state index contributed by atoms with van der Waals surface area (Å²) in [6.07, 6.45) is 2.57. The minimum absolute atomic E-state index is 0.230. The lowest BCUT2D eigenvalue weighted by Crippen LogP contribution is -2.12. The van der Waals surface area contributed by atoms with Crippen molar-refractivity contribution in [1.82, 2.24) is 0 Å². The Morgan fingerprint density at radius 2 is 1.30 bits per heavy atom. The summed E-state index contributed by atoms with van der Waals surface area (Å²) in [7, 11) is 0. The Morgan fingerprint density at radius 3 is 1.70 bits per heavy atom. The third-order valence-corrected chi connectivity index (χ3v) is 3.98. The Kier molecular flexibility index (Phi) is 5.52. The van der Waals surface area contributed by atoms with Crippen LogP contribution in [0.5, 0.6) is 0 Å². The van der Waals surface area contributed by atoms with Crippen LogP contribution < -0.4 is 0 Å². The van der Waals surface area contributed by atoms with Gasteiger partial charge in [0.1, 0.15) is 0 Å². The highest BCUT2D eigenvalue weighted by Gasteiger charge is 2.23. The van der Waals surface area contributed by atoms with Crippen molar-refractivity contribution in [2.45, 2.75) is 32.1 Å². The van der Waals surface area contributed by atoms with Gasteiger partial charge in [0.15, 0.2) is 0 Å². The monoisotopic (exact) mass is 312 g/mol. The molecule has 0 aliphatic rings. The van der Waals surface area contributed by atoms with E-state index in [1.807, 2.05) is 0 Å². The lowest BCUT2D eigenvalue weighted by atomic mass is 9.82. The molecular weight excluding hydrogens is 292 g/mol. The molecule has 0 amide bonds. The predicted octanol–water partition coefficient (Wildman–Crippen LogP) is 4.41. The Morgan fingerprint density at radius 1 is 0.870 bits per heavy atom. The van der Waals surface area contributed by atoms with Gasteiger partial charge in [-0.3, -0.25) is 0 Å². The fourth-order valence-electron chi connectivity index (χ4n) is 2.88. The number of aromatic carboxylic acids is 2. The molecule has 120 valence electrons. The minimum Gasteiger partial charge on any atom is -0.478 e. The largest absolute Gasteiger partial charge is 0.478 e. The first-order valence-electron chi connectivity index (χ1n) is 7.70. The van der Waals surface area contributed by atoms with Gasteiger partial charge in [0.05, 0.1) is 11.1 Å². The second-order valence-electron chi connectivity index (χ2n) is 5.48. The predicted molar refractivity (Wildman–Crippen MR) is 88.2 cm³/mol. The van der Waals surface area contributed by atoms with E-state index in [1.54, 1.807) is 48.5 Å². The fraction of sp³-hybridized carbons (Fsp3) is 0.263. The van der Waals surface area contributed by atoms with Gasteiger partial charge in [-0.15, -0.1) is 0 Å². The van der Waals surface area contributed by atoms with E-state index in [4.69, 9.17) is 0 Å². The maximum absolute atomic E-state index is 11.5. The molecule has 0 aromatic heterocycles. The third-order valence-electron chi connectivity index (χ3n) is 3.98. The maximum atomic E-state index is 11.5. The molecule has 2 rings (SSSR count). The number of carbonyl (C=O) groups is 2. The van der Waals surface area contributed by atoms with E-state index in [-0.39, 0.29) is 17.0 Å². The molecule has 0 radical (unpaired) electrons. The van der Waals surface area contributed by atoms with E-state index in [9.17, 15) is 19.8 Å². The Labute approximate surface area is 135 Å². The molecule has 4 heteroatoms. The van der Waals surface area contributed by atoms with Crippen LogP contribution in [0, 0.1) is 0 Å². The summed E-state index contributed by atoms with van der Waals surface area (Å²) in [4.78, 5) is 23.1. The molecular formula is C19H20O4. The highest BCUT2D eigenvalue weighted by molar-refractivity contribution is 5.91. The molecule has 0 heterocycles. The molecule has 0 fully saturated rings. The number of benzene rings is 2. The Bertz CT molecular complexity index is 649. The normalized spacial score (nSPS) is 10.7. The average molecular weight is 312 g/mol. The molecule has 0 spiro atoms. The molecule has 2 aromatic rings. The topological polar surface area (TPSA) is 74.6 Å². The molecule has 0 atom stereocenters. The van der Waals surface area contributed by atoms with E-state index in [0.29, 0.717) is 17.5 Å². The van der Waals surface area contributed by atoms with Crippen LogP contribution in [0.2, 0.25) is 0 Å². The van der Waals surface area contributed by atoms with Crippen LogP contribution in [0.3, 0.4) is 0 Å². The van der Waals surface area contributed by atoms with Gasteiger partial charge in [-0.2, -0.15) is 0 Å². The van der Waals surface area contributed by atoms with Crippen molar-refractivity contribution in [1.29, 1.82) is 0 Å². The van der Waals surface area contributed by atoms with Gasteiger partial charge in [-0.05, 0) is 29.7 Å². The maximum Gasteiger partial charge on any atom is 0.335 e. The fourth-order valence-corrected chi connectivity index (χ4v) is 2.88. The molecule has 0 bridgehead atoms. The van der Waals surface area contributed by atoms with Crippen molar-refractivity contribution >= 4 is 11.9 Å². The lowest BCUT2D eigenvalue weighted by Gasteiger charge is -2.21. The molecule has 4 nitrogen and oxygen atoms in total. The van der Waals surface area contributed by atoms with Crippen LogP contribution in [0.1, 0.15) is 63.9 Å². The van der Waals surface area contributed by atoms with Gasteiger partial charge in [-0.1, -0.05) is 56.2 Å². The summed E-state index contributed by atoms with van der Waals surface area (Å²) < 4.78 is 0. The molecule has 0 aliphatic heterocycles. The quantitative estimate of drug-likeness (QED) is 0.794. The molecule has 0 unspecified atom stereocenters. The molecule has 0 saturated carbocycles. The zero-order valence-corrected chi connectivity index (χ0v) is 13.0. The summed E-state index contributed by atoms with van der Waals surface area (Å²) in [5, 5.41) is 18.9. The summed E-state index contributed by atoms with van der Waals surface area (Å²) in [5.74, 6) is -2.22. The van der Waals surface area contributed by atoms with E-state index in [0.717, 1.165) is 12.8 Å². The summed E-state index contributed by atoms with van der Waals surface area (Å²) in [5.41, 5.74) is 1.80. The average Bonchev–Trinajstić information content (AvgIpc) is 2.55. The van der Waals surface area contributed by atoms with Crippen LogP contribution in [0.25, 0.3) is 0 Å². The van der Waals surface area contributed by atoms with E-state index in [1.165, 1.54) is 0 Å². The first-order valence-corrected chi connectivity index (χ1v) is 7.70. The van der Waals surface area contributed by atoms with Crippen molar-refractivity contribution in [2.75, 3.05) is 0 Å². The molecule has 0 saturated heterocycles. The number of carboxylic acid groups (broad SMARTS) is 2. The van der Waals surface area contributed by atoms with Crippen molar-refractivity contribution < 1.29 is 19.8 Å². The Hall–Kier alpha value is -2.62. The lowest BCUT2D eigenvalue weighted by molar-refractivity contribution is 0.0686. The summed E-state index contributed by atoms with van der Waals surface area (Å²) in [6.45, 7) is 2.06. The molecule has 0 aliphatic carbocycles. The van der Waals surface area contributed by atoms with Gasteiger partial charge in [0.25, 0.3) is 0 Å². The van der Waals surface area contributed by atoms with Crippen molar-refractivity contribution in [2.24, 2.45) is 0 Å². The van der Waals surface area contributed by atoms with Gasteiger partial charge < -0.3 is 10.2 Å². The van der Waals surface area contributed by atoms with Crippen LogP contribution in [-0.4, -0.2) is 22.2 Å². The highest BCUT2D eigenvalue weighted by atomic mass is 16.4. The first-order chi connectivity index (χ1) is 11.1. The SMILES string of the molecule is CCCCC(c1ccccc1C(=O)O)c1ccccc1C(=O)O. The van der Waals surface area contributed by atoms with Crippen molar-refractivity contribution in [3.05, 3.63) is 70.8 Å². The van der Waals surface area contributed by atoms with Crippen molar-refractivity contribution in [3.63, 3.8) is 0 Å². The van der Waals surface area contributed by atoms with Crippen molar-refractivity contribution in [3.8, 4) is 0 Å².